The summed E-state index contributed by atoms with van der Waals surface area (Å²) in [4.78, 5) is 26.9. The molecule has 2 heterocycles. The molecule has 3 rings (SSSR count). The zero-order valence-electron chi connectivity index (χ0n) is 13.9. The van der Waals surface area contributed by atoms with Gasteiger partial charge in [0.2, 0.25) is 11.8 Å². The summed E-state index contributed by atoms with van der Waals surface area (Å²) in [6.07, 6.45) is 4.35. The molecular weight excluding hydrogens is 320 g/mol. The van der Waals surface area contributed by atoms with Crippen LogP contribution in [0.25, 0.3) is 0 Å². The summed E-state index contributed by atoms with van der Waals surface area (Å²) in [7, 11) is 0. The Morgan fingerprint density at radius 3 is 2.88 bits per heavy atom. The van der Waals surface area contributed by atoms with Crippen molar-refractivity contribution in [1.29, 1.82) is 0 Å². The van der Waals surface area contributed by atoms with Gasteiger partial charge < -0.3 is 10.2 Å². The molecule has 2 amide bonds. The molecule has 2 aromatic rings. The molecule has 0 saturated heterocycles. The highest BCUT2D eigenvalue weighted by Gasteiger charge is 2.22. The van der Waals surface area contributed by atoms with Crippen molar-refractivity contribution in [1.82, 2.24) is 0 Å². The number of unbranched alkanes of at least 4 members (excludes halogenated alkanes) is 1. The van der Waals surface area contributed by atoms with Gasteiger partial charge in [0, 0.05) is 36.1 Å². The highest BCUT2D eigenvalue weighted by Crippen LogP contribution is 2.31. The second kappa shape index (κ2) is 7.62. The molecule has 1 aromatic carbocycles. The van der Waals surface area contributed by atoms with Crippen LogP contribution in [-0.2, 0) is 22.4 Å². The van der Waals surface area contributed by atoms with Crippen molar-refractivity contribution in [3.8, 4) is 0 Å². The summed E-state index contributed by atoms with van der Waals surface area (Å²) in [5.74, 6) is 0.0827. The first-order valence-electron chi connectivity index (χ1n) is 8.37. The lowest BCUT2D eigenvalue weighted by atomic mass is 10.1. The van der Waals surface area contributed by atoms with E-state index in [1.54, 1.807) is 23.2 Å². The number of fused-ring (bicyclic) bond motifs is 1. The summed E-state index contributed by atoms with van der Waals surface area (Å²) < 4.78 is 0. The van der Waals surface area contributed by atoms with Gasteiger partial charge in [-0.15, -0.1) is 11.3 Å². The fourth-order valence-corrected chi connectivity index (χ4v) is 3.80. The Balaban J connectivity index is 1.50. The minimum Gasteiger partial charge on any atom is -0.326 e. The number of carbonyl (C=O) groups is 2. The molecule has 4 nitrogen and oxygen atoms in total. The molecule has 0 unspecified atom stereocenters. The predicted octanol–water partition coefficient (Wildman–Crippen LogP) is 4.01. The third-order valence-corrected chi connectivity index (χ3v) is 5.24. The maximum atomic E-state index is 12.1. The molecule has 0 aliphatic carbocycles. The lowest BCUT2D eigenvalue weighted by Crippen LogP contribution is -2.25. The molecule has 0 atom stereocenters. The van der Waals surface area contributed by atoms with E-state index in [1.165, 1.54) is 10.4 Å². The fourth-order valence-electron chi connectivity index (χ4n) is 3.05. The summed E-state index contributed by atoms with van der Waals surface area (Å²) >= 11 is 1.77. The Kier molecular flexibility index (Phi) is 5.30. The van der Waals surface area contributed by atoms with Crippen molar-refractivity contribution in [2.45, 2.75) is 39.0 Å². The second-order valence-electron chi connectivity index (χ2n) is 6.10. The van der Waals surface area contributed by atoms with E-state index in [-0.39, 0.29) is 11.8 Å². The molecule has 126 valence electrons. The molecular formula is C19H22N2O2S. The molecule has 24 heavy (non-hydrogen) atoms. The highest BCUT2D eigenvalue weighted by molar-refractivity contribution is 7.09. The molecule has 0 bridgehead atoms. The van der Waals surface area contributed by atoms with Crippen molar-refractivity contribution in [2.75, 3.05) is 16.8 Å². The first-order chi connectivity index (χ1) is 11.6. The van der Waals surface area contributed by atoms with Crippen molar-refractivity contribution in [2.24, 2.45) is 0 Å². The normalized spacial score (nSPS) is 13.0. The summed E-state index contributed by atoms with van der Waals surface area (Å²) in [6, 6.07) is 10.0. The minimum absolute atomic E-state index is 0.0356. The monoisotopic (exact) mass is 342 g/mol. The number of carbonyl (C=O) groups excluding carboxylic acids is 2. The van der Waals surface area contributed by atoms with E-state index in [0.29, 0.717) is 6.42 Å². The van der Waals surface area contributed by atoms with Gasteiger partial charge >= 0.3 is 0 Å². The van der Waals surface area contributed by atoms with Crippen LogP contribution in [0.15, 0.2) is 35.7 Å². The van der Waals surface area contributed by atoms with Gasteiger partial charge in [0.15, 0.2) is 0 Å². The number of anilines is 2. The first-order valence-corrected chi connectivity index (χ1v) is 9.25. The van der Waals surface area contributed by atoms with Crippen molar-refractivity contribution >= 4 is 34.5 Å². The van der Waals surface area contributed by atoms with Crippen molar-refractivity contribution in [3.05, 3.63) is 46.2 Å². The van der Waals surface area contributed by atoms with Gasteiger partial charge in [-0.3, -0.25) is 9.59 Å². The number of benzene rings is 1. The van der Waals surface area contributed by atoms with E-state index < -0.39 is 0 Å². The summed E-state index contributed by atoms with van der Waals surface area (Å²) in [5.41, 5.74) is 2.86. The van der Waals surface area contributed by atoms with E-state index in [2.05, 4.69) is 22.8 Å². The maximum Gasteiger partial charge on any atom is 0.224 e. The smallest absolute Gasteiger partial charge is 0.224 e. The second-order valence-corrected chi connectivity index (χ2v) is 7.13. The van der Waals surface area contributed by atoms with Crippen LogP contribution < -0.4 is 10.2 Å². The van der Waals surface area contributed by atoms with E-state index in [4.69, 9.17) is 0 Å². The molecule has 0 radical (unpaired) electrons. The first kappa shape index (κ1) is 16.7. The third kappa shape index (κ3) is 4.03. The van der Waals surface area contributed by atoms with E-state index in [1.807, 2.05) is 18.2 Å². The van der Waals surface area contributed by atoms with Gasteiger partial charge in [0.1, 0.15) is 0 Å². The van der Waals surface area contributed by atoms with Gasteiger partial charge in [0.25, 0.3) is 0 Å². The average Bonchev–Trinajstić information content (AvgIpc) is 3.20. The van der Waals surface area contributed by atoms with Crippen LogP contribution in [0, 0.1) is 0 Å². The van der Waals surface area contributed by atoms with Crippen LogP contribution in [0.5, 0.6) is 0 Å². The van der Waals surface area contributed by atoms with Crippen LogP contribution >= 0.6 is 11.3 Å². The Labute approximate surface area is 146 Å². The van der Waals surface area contributed by atoms with Gasteiger partial charge in [-0.25, -0.2) is 0 Å². The maximum absolute atomic E-state index is 12.1. The predicted molar refractivity (Wildman–Crippen MR) is 98.7 cm³/mol. The number of aryl methyl sites for hydroxylation is 1. The van der Waals surface area contributed by atoms with Crippen LogP contribution in [0.1, 0.15) is 36.6 Å². The number of amides is 2. The van der Waals surface area contributed by atoms with Gasteiger partial charge in [-0.1, -0.05) is 12.1 Å². The number of hydrogen-bond acceptors (Lipinski definition) is 3. The Hall–Kier alpha value is -2.14. The zero-order valence-corrected chi connectivity index (χ0v) is 14.7. The SMILES string of the molecule is CC(=O)N1CCc2ccc(NC(=O)CCCCc3cccs3)cc21. The summed E-state index contributed by atoms with van der Waals surface area (Å²) in [6.45, 7) is 2.30. The molecule has 5 heteroatoms. The Morgan fingerprint density at radius 1 is 1.25 bits per heavy atom. The standard InChI is InChI=1S/C19H22N2O2S/c1-14(22)21-11-10-15-8-9-16(13-18(15)21)20-19(23)7-3-2-5-17-6-4-12-24-17/h4,6,8-9,12-13H,2-3,5,7,10-11H2,1H3,(H,20,23). The highest BCUT2D eigenvalue weighted by atomic mass is 32.1. The lowest BCUT2D eigenvalue weighted by Gasteiger charge is -2.15. The van der Waals surface area contributed by atoms with Crippen LogP contribution in [0.2, 0.25) is 0 Å². The third-order valence-electron chi connectivity index (χ3n) is 4.30. The number of rotatable bonds is 6. The van der Waals surface area contributed by atoms with Crippen molar-refractivity contribution < 1.29 is 9.59 Å². The van der Waals surface area contributed by atoms with Gasteiger partial charge in [0.05, 0.1) is 0 Å². The molecule has 0 saturated carbocycles. The number of nitrogens with zero attached hydrogens (tertiary/aromatic N) is 1. The van der Waals surface area contributed by atoms with Crippen LogP contribution in [0.3, 0.4) is 0 Å². The lowest BCUT2D eigenvalue weighted by molar-refractivity contribution is -0.117. The van der Waals surface area contributed by atoms with Crippen LogP contribution in [0.4, 0.5) is 11.4 Å². The molecule has 1 aliphatic heterocycles. The Bertz CT molecular complexity index is 725. The van der Waals surface area contributed by atoms with E-state index in [0.717, 1.165) is 43.6 Å². The van der Waals surface area contributed by atoms with Crippen LogP contribution in [-0.4, -0.2) is 18.4 Å². The number of hydrogen-bond donors (Lipinski definition) is 1. The number of thiophene rings is 1. The average molecular weight is 342 g/mol. The zero-order chi connectivity index (χ0) is 16.9. The fraction of sp³-hybridized carbons (Fsp3) is 0.368. The topological polar surface area (TPSA) is 49.4 Å². The summed E-state index contributed by atoms with van der Waals surface area (Å²) in [5, 5.41) is 5.03. The molecule has 1 aromatic heterocycles. The molecule has 1 N–H and O–H groups in total. The quantitative estimate of drug-likeness (QED) is 0.807. The molecule has 0 fully saturated rings. The molecule has 0 spiro atoms. The number of nitrogens with one attached hydrogen (secondary N) is 1. The Morgan fingerprint density at radius 2 is 2.12 bits per heavy atom. The minimum atomic E-state index is 0.0356. The van der Waals surface area contributed by atoms with Gasteiger partial charge in [-0.05, 0) is 54.8 Å². The van der Waals surface area contributed by atoms with Gasteiger partial charge in [-0.2, -0.15) is 0 Å². The van der Waals surface area contributed by atoms with Crippen molar-refractivity contribution in [3.63, 3.8) is 0 Å². The van der Waals surface area contributed by atoms with E-state index >= 15 is 0 Å². The van der Waals surface area contributed by atoms with E-state index in [9.17, 15) is 9.59 Å². The largest absolute Gasteiger partial charge is 0.326 e. The molecule has 1 aliphatic rings.